The van der Waals surface area contributed by atoms with Gasteiger partial charge in [0.25, 0.3) is 0 Å². The summed E-state index contributed by atoms with van der Waals surface area (Å²) in [6.07, 6.45) is 1.09. The molecule has 0 aliphatic rings. The molecule has 1 aromatic carbocycles. The molecule has 0 unspecified atom stereocenters. The maximum Gasteiger partial charge on any atom is 0.230 e. The summed E-state index contributed by atoms with van der Waals surface area (Å²) >= 11 is 16.6. The molecule has 1 rings (SSSR count). The number of ketones is 1. The molecule has 3 nitrogen and oxygen atoms in total. The average Bonchev–Trinajstić information content (AvgIpc) is 2.27. The highest BCUT2D eigenvalue weighted by Crippen LogP contribution is 2.31. The minimum atomic E-state index is -1.78. The van der Waals surface area contributed by atoms with Crippen molar-refractivity contribution in [3.8, 4) is 5.75 Å². The Labute approximate surface area is 114 Å². The van der Waals surface area contributed by atoms with Gasteiger partial charge in [0, 0.05) is 11.6 Å². The van der Waals surface area contributed by atoms with Crippen LogP contribution in [0.2, 0.25) is 0 Å². The van der Waals surface area contributed by atoms with Crippen LogP contribution in [0.25, 0.3) is 0 Å². The molecule has 6 heteroatoms. The van der Waals surface area contributed by atoms with Crippen molar-refractivity contribution >= 4 is 40.6 Å². The number of carbonyl (C=O) groups is 1. The van der Waals surface area contributed by atoms with Gasteiger partial charge < -0.3 is 10.5 Å². The van der Waals surface area contributed by atoms with Gasteiger partial charge >= 0.3 is 0 Å². The Bertz CT molecular complexity index is 435. The van der Waals surface area contributed by atoms with Crippen molar-refractivity contribution in [2.75, 3.05) is 7.11 Å². The fraction of sp³-hybridized carbons (Fsp3) is 0.182. The highest BCUT2D eigenvalue weighted by atomic mass is 35.6. The molecular weight excluding hydrogens is 284 g/mol. The lowest BCUT2D eigenvalue weighted by Crippen LogP contribution is -2.17. The Morgan fingerprint density at radius 1 is 1.29 bits per heavy atom. The molecular formula is C11H10Cl3NO2. The molecule has 0 saturated heterocycles. The summed E-state index contributed by atoms with van der Waals surface area (Å²) in [6.45, 7) is 0. The van der Waals surface area contributed by atoms with E-state index in [0.29, 0.717) is 11.3 Å². The summed E-state index contributed by atoms with van der Waals surface area (Å²) in [4.78, 5) is 11.7. The SMILES string of the molecule is COc1ccc(C(=O)C=C(N)C(Cl)(Cl)Cl)cc1. The van der Waals surface area contributed by atoms with Gasteiger partial charge in [0.05, 0.1) is 12.8 Å². The lowest BCUT2D eigenvalue weighted by atomic mass is 10.1. The molecule has 0 aromatic heterocycles. The third-order valence-electron chi connectivity index (χ3n) is 1.99. The number of hydrogen-bond acceptors (Lipinski definition) is 3. The number of ether oxygens (including phenoxy) is 1. The topological polar surface area (TPSA) is 52.3 Å². The van der Waals surface area contributed by atoms with Gasteiger partial charge in [0.2, 0.25) is 3.79 Å². The maximum atomic E-state index is 11.7. The third kappa shape index (κ3) is 4.11. The van der Waals surface area contributed by atoms with Crippen LogP contribution in [-0.2, 0) is 0 Å². The molecule has 0 heterocycles. The first-order valence-corrected chi connectivity index (χ1v) is 5.70. The number of hydrogen-bond donors (Lipinski definition) is 1. The van der Waals surface area contributed by atoms with Gasteiger partial charge in [-0.05, 0) is 24.3 Å². The van der Waals surface area contributed by atoms with Crippen LogP contribution in [0.15, 0.2) is 36.0 Å². The monoisotopic (exact) mass is 293 g/mol. The molecule has 0 aliphatic carbocycles. The van der Waals surface area contributed by atoms with Crippen molar-refractivity contribution in [2.45, 2.75) is 3.79 Å². The van der Waals surface area contributed by atoms with Crippen LogP contribution in [0.5, 0.6) is 5.75 Å². The molecule has 0 atom stereocenters. The second-order valence-corrected chi connectivity index (χ2v) is 5.47. The first-order chi connectivity index (χ1) is 7.84. The van der Waals surface area contributed by atoms with Crippen molar-refractivity contribution in [3.63, 3.8) is 0 Å². The van der Waals surface area contributed by atoms with Crippen LogP contribution in [0.1, 0.15) is 10.4 Å². The van der Waals surface area contributed by atoms with Crippen LogP contribution in [0.3, 0.4) is 0 Å². The zero-order valence-electron chi connectivity index (χ0n) is 8.91. The number of rotatable bonds is 3. The van der Waals surface area contributed by atoms with Gasteiger partial charge in [-0.15, -0.1) is 0 Å². The highest BCUT2D eigenvalue weighted by molar-refractivity contribution is 6.69. The van der Waals surface area contributed by atoms with Crippen LogP contribution in [0, 0.1) is 0 Å². The summed E-state index contributed by atoms with van der Waals surface area (Å²) in [5.41, 5.74) is 5.78. The molecule has 0 fully saturated rings. The van der Waals surface area contributed by atoms with Crippen LogP contribution in [0.4, 0.5) is 0 Å². The Kier molecular flexibility index (Phi) is 4.69. The first-order valence-electron chi connectivity index (χ1n) is 4.57. The number of allylic oxidation sites excluding steroid dienone is 2. The Hall–Kier alpha value is -0.900. The third-order valence-corrected chi connectivity index (χ3v) is 2.64. The smallest absolute Gasteiger partial charge is 0.230 e. The summed E-state index contributed by atoms with van der Waals surface area (Å²) < 4.78 is 3.19. The highest BCUT2D eigenvalue weighted by Gasteiger charge is 2.24. The predicted octanol–water partition coefficient (Wildman–Crippen LogP) is 3.09. The number of carbonyl (C=O) groups excluding carboxylic acids is 1. The molecule has 0 radical (unpaired) electrons. The van der Waals surface area contributed by atoms with E-state index in [1.807, 2.05) is 0 Å². The molecule has 92 valence electrons. The fourth-order valence-electron chi connectivity index (χ4n) is 1.06. The quantitative estimate of drug-likeness (QED) is 0.529. The van der Waals surface area contributed by atoms with Gasteiger partial charge in [-0.2, -0.15) is 0 Å². The molecule has 2 N–H and O–H groups in total. The standard InChI is InChI=1S/C11H10Cl3NO2/c1-17-8-4-2-7(3-5-8)9(16)6-10(15)11(12,13)14/h2-6H,15H2,1H3. The lowest BCUT2D eigenvalue weighted by Gasteiger charge is -2.10. The minimum absolute atomic E-state index is 0.122. The van der Waals surface area contributed by atoms with E-state index in [2.05, 4.69) is 0 Å². The summed E-state index contributed by atoms with van der Waals surface area (Å²) in [7, 11) is 1.54. The van der Waals surface area contributed by atoms with Crippen LogP contribution in [-0.4, -0.2) is 16.7 Å². The molecule has 1 aromatic rings. The first kappa shape index (κ1) is 14.2. The Balaban J connectivity index is 2.90. The van der Waals surface area contributed by atoms with E-state index >= 15 is 0 Å². The number of methoxy groups -OCH3 is 1. The van der Waals surface area contributed by atoms with Crippen molar-refractivity contribution in [2.24, 2.45) is 5.73 Å². The molecule has 0 aliphatic heterocycles. The van der Waals surface area contributed by atoms with E-state index in [4.69, 9.17) is 45.3 Å². The average molecular weight is 295 g/mol. The van der Waals surface area contributed by atoms with Gasteiger partial charge in [-0.1, -0.05) is 34.8 Å². The van der Waals surface area contributed by atoms with Crippen molar-refractivity contribution in [3.05, 3.63) is 41.6 Å². The second kappa shape index (κ2) is 5.63. The largest absolute Gasteiger partial charge is 0.497 e. The van der Waals surface area contributed by atoms with E-state index in [1.165, 1.54) is 7.11 Å². The van der Waals surface area contributed by atoms with E-state index in [0.717, 1.165) is 6.08 Å². The van der Waals surface area contributed by atoms with E-state index < -0.39 is 3.79 Å². The van der Waals surface area contributed by atoms with Crippen molar-refractivity contribution in [1.82, 2.24) is 0 Å². The van der Waals surface area contributed by atoms with Crippen LogP contribution < -0.4 is 10.5 Å². The molecule has 0 amide bonds. The maximum absolute atomic E-state index is 11.7. The second-order valence-electron chi connectivity index (χ2n) is 3.19. The number of benzene rings is 1. The van der Waals surface area contributed by atoms with E-state index in [1.54, 1.807) is 24.3 Å². The Morgan fingerprint density at radius 3 is 2.24 bits per heavy atom. The number of nitrogens with two attached hydrogens (primary N) is 1. The zero-order chi connectivity index (χ0) is 13.1. The molecule has 0 bridgehead atoms. The summed E-state index contributed by atoms with van der Waals surface area (Å²) in [5.74, 6) is 0.316. The molecule has 0 saturated carbocycles. The van der Waals surface area contributed by atoms with Crippen LogP contribution >= 0.6 is 34.8 Å². The summed E-state index contributed by atoms with van der Waals surface area (Å²) in [5, 5.41) is 0. The molecule has 0 spiro atoms. The molecule has 17 heavy (non-hydrogen) atoms. The van der Waals surface area contributed by atoms with Crippen molar-refractivity contribution < 1.29 is 9.53 Å². The van der Waals surface area contributed by atoms with Gasteiger partial charge in [-0.25, -0.2) is 0 Å². The lowest BCUT2D eigenvalue weighted by molar-refractivity contribution is 0.104. The van der Waals surface area contributed by atoms with Gasteiger partial charge in [0.15, 0.2) is 5.78 Å². The normalized spacial score (nSPS) is 12.4. The Morgan fingerprint density at radius 2 is 1.82 bits per heavy atom. The minimum Gasteiger partial charge on any atom is -0.497 e. The van der Waals surface area contributed by atoms with E-state index in [9.17, 15) is 4.79 Å². The number of alkyl halides is 3. The van der Waals surface area contributed by atoms with E-state index in [-0.39, 0.29) is 11.5 Å². The fourth-order valence-corrected chi connectivity index (χ4v) is 1.23. The zero-order valence-corrected chi connectivity index (χ0v) is 11.2. The summed E-state index contributed by atoms with van der Waals surface area (Å²) in [6, 6.07) is 6.52. The van der Waals surface area contributed by atoms with Gasteiger partial charge in [-0.3, -0.25) is 4.79 Å². The number of halogens is 3. The predicted molar refractivity (Wildman–Crippen MR) is 69.9 cm³/mol. The van der Waals surface area contributed by atoms with Gasteiger partial charge in [0.1, 0.15) is 5.75 Å². The van der Waals surface area contributed by atoms with Crippen molar-refractivity contribution in [1.29, 1.82) is 0 Å².